The second-order valence-corrected chi connectivity index (χ2v) is 5.88. The van der Waals surface area contributed by atoms with E-state index in [1.165, 1.54) is 18.2 Å². The predicted octanol–water partition coefficient (Wildman–Crippen LogP) is 3.61. The van der Waals surface area contributed by atoms with Crippen molar-refractivity contribution in [3.8, 4) is 28.6 Å². The van der Waals surface area contributed by atoms with E-state index in [1.54, 1.807) is 30.3 Å². The summed E-state index contributed by atoms with van der Waals surface area (Å²) < 4.78 is 5.76. The Labute approximate surface area is 142 Å². The maximum atomic E-state index is 11.8. The van der Waals surface area contributed by atoms with Gasteiger partial charge in [0, 0.05) is 23.4 Å². The van der Waals surface area contributed by atoms with Crippen molar-refractivity contribution in [3.63, 3.8) is 0 Å². The van der Waals surface area contributed by atoms with E-state index in [9.17, 15) is 20.1 Å². The van der Waals surface area contributed by atoms with Crippen LogP contribution in [0.2, 0.25) is 0 Å². The van der Waals surface area contributed by atoms with Gasteiger partial charge in [0.1, 0.15) is 22.8 Å². The lowest BCUT2D eigenvalue weighted by molar-refractivity contribution is 0.468. The minimum atomic E-state index is -0.525. The van der Waals surface area contributed by atoms with Crippen LogP contribution in [0, 0.1) is 0 Å². The molecule has 0 unspecified atom stereocenters. The number of aromatic hydroxyl groups is 3. The summed E-state index contributed by atoms with van der Waals surface area (Å²) in [6, 6.07) is 14.2. The number of rotatable bonds is 2. The second-order valence-electron chi connectivity index (χ2n) is 5.88. The molecule has 2 aromatic rings. The van der Waals surface area contributed by atoms with E-state index in [1.807, 2.05) is 6.07 Å². The monoisotopic (exact) mass is 334 g/mol. The Balaban J connectivity index is 2.07. The molecule has 1 heterocycles. The molecule has 25 heavy (non-hydrogen) atoms. The van der Waals surface area contributed by atoms with Gasteiger partial charge < -0.3 is 19.7 Å². The van der Waals surface area contributed by atoms with Crippen LogP contribution in [0.1, 0.15) is 11.1 Å². The van der Waals surface area contributed by atoms with Gasteiger partial charge in [0.05, 0.1) is 0 Å². The van der Waals surface area contributed by atoms with E-state index >= 15 is 0 Å². The summed E-state index contributed by atoms with van der Waals surface area (Å²) in [4.78, 5) is 11.8. The Morgan fingerprint density at radius 1 is 0.880 bits per heavy atom. The molecule has 0 fully saturated rings. The van der Waals surface area contributed by atoms with Crippen LogP contribution in [-0.4, -0.2) is 15.3 Å². The highest BCUT2D eigenvalue weighted by molar-refractivity contribution is 5.89. The standard InChI is InChI=1S/C20H14O5/c21-12-5-6-19-14(8-12)13(7-11-3-1-2-4-16(11)22)15-9-17(23)18(24)10-20(15)25-19/h1-6,8-10,21-23H,7H2. The molecule has 124 valence electrons. The molecule has 2 aromatic carbocycles. The SMILES string of the molecule is O=c1cc2oc3ccc(O)cc3c(Cc3ccccc3O)c-2cc1O. The van der Waals surface area contributed by atoms with Crippen LogP contribution in [0.25, 0.3) is 22.3 Å². The first kappa shape index (κ1) is 15.1. The molecule has 1 aliphatic carbocycles. The highest BCUT2D eigenvalue weighted by Gasteiger charge is 2.19. The Hall–Kier alpha value is -3.47. The topological polar surface area (TPSA) is 90.9 Å². The average molecular weight is 334 g/mol. The van der Waals surface area contributed by atoms with Gasteiger partial charge >= 0.3 is 0 Å². The van der Waals surface area contributed by atoms with Gasteiger partial charge in [-0.3, -0.25) is 4.79 Å². The van der Waals surface area contributed by atoms with Crippen molar-refractivity contribution in [2.45, 2.75) is 6.42 Å². The number of para-hydroxylation sites is 1. The van der Waals surface area contributed by atoms with Crippen molar-refractivity contribution >= 4 is 11.0 Å². The van der Waals surface area contributed by atoms with E-state index in [0.29, 0.717) is 34.3 Å². The molecular formula is C20H14O5. The number of phenols is 3. The van der Waals surface area contributed by atoms with E-state index < -0.39 is 5.43 Å². The smallest absolute Gasteiger partial charge is 0.223 e. The van der Waals surface area contributed by atoms with Crippen LogP contribution < -0.4 is 5.43 Å². The molecule has 0 radical (unpaired) electrons. The fraction of sp³-hybridized carbons (Fsp3) is 0.0500. The van der Waals surface area contributed by atoms with Crippen LogP contribution in [-0.2, 0) is 6.42 Å². The lowest BCUT2D eigenvalue weighted by Crippen LogP contribution is -2.03. The van der Waals surface area contributed by atoms with Gasteiger partial charge in [-0.25, -0.2) is 0 Å². The molecule has 0 atom stereocenters. The zero-order valence-corrected chi connectivity index (χ0v) is 13.1. The first-order valence-electron chi connectivity index (χ1n) is 7.71. The third kappa shape index (κ3) is 2.55. The molecule has 3 N–H and O–H groups in total. The van der Waals surface area contributed by atoms with Crippen molar-refractivity contribution in [3.05, 3.63) is 75.9 Å². The van der Waals surface area contributed by atoms with Gasteiger partial charge in [0.15, 0.2) is 5.75 Å². The third-order valence-corrected chi connectivity index (χ3v) is 4.25. The summed E-state index contributed by atoms with van der Waals surface area (Å²) in [6.07, 6.45) is 0.344. The molecule has 1 aliphatic heterocycles. The highest BCUT2D eigenvalue weighted by Crippen LogP contribution is 2.37. The number of phenolic OH excluding ortho intramolecular Hbond substituents is 3. The second kappa shape index (κ2) is 5.56. The number of hydrogen-bond acceptors (Lipinski definition) is 5. The van der Waals surface area contributed by atoms with Crippen molar-refractivity contribution in [1.29, 1.82) is 0 Å². The summed E-state index contributed by atoms with van der Waals surface area (Å²) >= 11 is 0. The van der Waals surface area contributed by atoms with Gasteiger partial charge in [-0.15, -0.1) is 0 Å². The van der Waals surface area contributed by atoms with Gasteiger partial charge in [-0.2, -0.15) is 0 Å². The molecule has 0 saturated carbocycles. The number of fused-ring (bicyclic) bond motifs is 2. The quantitative estimate of drug-likeness (QED) is 0.487. The van der Waals surface area contributed by atoms with E-state index in [4.69, 9.17) is 4.42 Å². The van der Waals surface area contributed by atoms with E-state index in [-0.39, 0.29) is 17.2 Å². The summed E-state index contributed by atoms with van der Waals surface area (Å²) in [7, 11) is 0. The summed E-state index contributed by atoms with van der Waals surface area (Å²) in [5.74, 6) is 0.187. The minimum Gasteiger partial charge on any atom is -0.508 e. The summed E-state index contributed by atoms with van der Waals surface area (Å²) in [5, 5.41) is 30.4. The van der Waals surface area contributed by atoms with Crippen LogP contribution in [0.3, 0.4) is 0 Å². The molecule has 0 amide bonds. The van der Waals surface area contributed by atoms with E-state index in [0.717, 1.165) is 5.56 Å². The summed E-state index contributed by atoms with van der Waals surface area (Å²) in [5.41, 5.74) is 1.96. The Kier molecular flexibility index (Phi) is 3.35. The van der Waals surface area contributed by atoms with Gasteiger partial charge in [0.25, 0.3) is 0 Å². The molecule has 5 nitrogen and oxygen atoms in total. The van der Waals surface area contributed by atoms with Crippen molar-refractivity contribution < 1.29 is 19.7 Å². The van der Waals surface area contributed by atoms with Crippen LogP contribution >= 0.6 is 0 Å². The Morgan fingerprint density at radius 2 is 1.68 bits per heavy atom. The fourth-order valence-corrected chi connectivity index (χ4v) is 3.02. The largest absolute Gasteiger partial charge is 0.508 e. The van der Waals surface area contributed by atoms with Crippen LogP contribution in [0.15, 0.2) is 63.8 Å². The molecule has 4 rings (SSSR count). The van der Waals surface area contributed by atoms with Gasteiger partial charge in [-0.05, 0) is 41.5 Å². The molecule has 0 aromatic heterocycles. The molecule has 2 aliphatic rings. The zero-order chi connectivity index (χ0) is 17.6. The van der Waals surface area contributed by atoms with Crippen LogP contribution in [0.5, 0.6) is 17.2 Å². The lowest BCUT2D eigenvalue weighted by atomic mass is 9.93. The van der Waals surface area contributed by atoms with E-state index in [2.05, 4.69) is 0 Å². The Bertz CT molecular complexity index is 1130. The fourth-order valence-electron chi connectivity index (χ4n) is 3.02. The average Bonchev–Trinajstić information content (AvgIpc) is 2.59. The summed E-state index contributed by atoms with van der Waals surface area (Å²) in [6.45, 7) is 0. The Morgan fingerprint density at radius 3 is 2.48 bits per heavy atom. The van der Waals surface area contributed by atoms with Crippen LogP contribution in [0.4, 0.5) is 0 Å². The molecule has 0 bridgehead atoms. The third-order valence-electron chi connectivity index (χ3n) is 4.25. The first-order valence-corrected chi connectivity index (χ1v) is 7.71. The van der Waals surface area contributed by atoms with Gasteiger partial charge in [-0.1, -0.05) is 18.2 Å². The van der Waals surface area contributed by atoms with Gasteiger partial charge in [0.2, 0.25) is 5.43 Å². The van der Waals surface area contributed by atoms with Crippen molar-refractivity contribution in [1.82, 2.24) is 0 Å². The maximum Gasteiger partial charge on any atom is 0.223 e. The molecule has 5 heteroatoms. The lowest BCUT2D eigenvalue weighted by Gasteiger charge is -2.16. The highest BCUT2D eigenvalue weighted by atomic mass is 16.3. The van der Waals surface area contributed by atoms with Crippen molar-refractivity contribution in [2.75, 3.05) is 0 Å². The first-order chi connectivity index (χ1) is 12.0. The number of benzene rings is 3. The molecule has 0 saturated heterocycles. The molecular weight excluding hydrogens is 320 g/mol. The maximum absolute atomic E-state index is 11.8. The normalized spacial score (nSPS) is 11.2. The molecule has 0 spiro atoms. The zero-order valence-electron chi connectivity index (χ0n) is 13.1. The minimum absolute atomic E-state index is 0.0743. The number of hydrogen-bond donors (Lipinski definition) is 3. The van der Waals surface area contributed by atoms with Crippen molar-refractivity contribution in [2.24, 2.45) is 0 Å². The predicted molar refractivity (Wildman–Crippen MR) is 93.3 cm³/mol.